The number of nitrogens with zero attached hydrogens (tertiary/aromatic N) is 4. The first-order valence-corrected chi connectivity index (χ1v) is 7.45. The van der Waals surface area contributed by atoms with E-state index in [9.17, 15) is 4.79 Å². The van der Waals surface area contributed by atoms with Crippen molar-refractivity contribution < 1.29 is 4.79 Å². The van der Waals surface area contributed by atoms with Crippen LogP contribution in [0.25, 0.3) is 0 Å². The maximum absolute atomic E-state index is 12.2. The molecular formula is C16H17N7O. The summed E-state index contributed by atoms with van der Waals surface area (Å²) >= 11 is 0. The molecule has 0 saturated heterocycles. The van der Waals surface area contributed by atoms with Crippen molar-refractivity contribution in [3.63, 3.8) is 0 Å². The summed E-state index contributed by atoms with van der Waals surface area (Å²) in [6.45, 7) is 3.62. The number of rotatable bonds is 5. The van der Waals surface area contributed by atoms with E-state index < -0.39 is 0 Å². The lowest BCUT2D eigenvalue weighted by Gasteiger charge is -2.10. The molecule has 24 heavy (non-hydrogen) atoms. The van der Waals surface area contributed by atoms with Crippen LogP contribution in [-0.2, 0) is 0 Å². The molecule has 0 bridgehead atoms. The molecule has 3 aromatic rings. The van der Waals surface area contributed by atoms with Crippen LogP contribution in [0.5, 0.6) is 0 Å². The van der Waals surface area contributed by atoms with Crippen LogP contribution in [0.15, 0.2) is 42.7 Å². The molecule has 8 nitrogen and oxygen atoms in total. The highest BCUT2D eigenvalue weighted by atomic mass is 16.1. The molecule has 2 heterocycles. The van der Waals surface area contributed by atoms with Gasteiger partial charge in [0.2, 0.25) is 5.95 Å². The van der Waals surface area contributed by atoms with Gasteiger partial charge in [-0.15, -0.1) is 0 Å². The van der Waals surface area contributed by atoms with Crippen LogP contribution in [0, 0.1) is 6.92 Å². The normalized spacial score (nSPS) is 11.8. The first kappa shape index (κ1) is 15.6. The van der Waals surface area contributed by atoms with Gasteiger partial charge in [0.05, 0.1) is 11.6 Å². The lowest BCUT2D eigenvalue weighted by molar-refractivity contribution is 0.0937. The highest BCUT2D eigenvalue weighted by Gasteiger charge is 2.15. The van der Waals surface area contributed by atoms with Gasteiger partial charge in [0, 0.05) is 18.1 Å². The lowest BCUT2D eigenvalue weighted by atomic mass is 10.2. The number of hydrogen-bond donors (Lipinski definition) is 3. The van der Waals surface area contributed by atoms with Crippen molar-refractivity contribution in [3.05, 3.63) is 59.9 Å². The molecule has 2 aromatic heterocycles. The van der Waals surface area contributed by atoms with Gasteiger partial charge in [-0.25, -0.2) is 15.0 Å². The van der Waals surface area contributed by atoms with Crippen LogP contribution in [0.4, 0.5) is 11.6 Å². The number of amides is 1. The van der Waals surface area contributed by atoms with Crippen molar-refractivity contribution >= 4 is 17.5 Å². The first-order valence-electron chi connectivity index (χ1n) is 7.45. The Morgan fingerprint density at radius 3 is 2.50 bits per heavy atom. The Kier molecular flexibility index (Phi) is 4.46. The molecule has 1 atom stereocenters. The van der Waals surface area contributed by atoms with E-state index in [-0.39, 0.29) is 11.9 Å². The van der Waals surface area contributed by atoms with Gasteiger partial charge in [0.25, 0.3) is 5.91 Å². The third kappa shape index (κ3) is 3.72. The number of aromatic nitrogens is 5. The average Bonchev–Trinajstić information content (AvgIpc) is 3.03. The summed E-state index contributed by atoms with van der Waals surface area (Å²) in [7, 11) is 0. The van der Waals surface area contributed by atoms with Crippen molar-refractivity contribution in [3.8, 4) is 0 Å². The van der Waals surface area contributed by atoms with Crippen molar-refractivity contribution in [2.24, 2.45) is 0 Å². The Hall–Kier alpha value is -3.29. The summed E-state index contributed by atoms with van der Waals surface area (Å²) in [6, 6.07) is 9.25. The number of aromatic amines is 1. The molecule has 0 saturated carbocycles. The molecule has 0 unspecified atom stereocenters. The fourth-order valence-corrected chi connectivity index (χ4v) is 2.06. The zero-order valence-corrected chi connectivity index (χ0v) is 13.3. The number of para-hydroxylation sites is 1. The Balaban J connectivity index is 1.63. The Labute approximate surface area is 138 Å². The smallest absolute Gasteiger partial charge is 0.255 e. The van der Waals surface area contributed by atoms with Gasteiger partial charge in [-0.2, -0.15) is 5.10 Å². The van der Waals surface area contributed by atoms with Crippen molar-refractivity contribution in [2.45, 2.75) is 19.9 Å². The second kappa shape index (κ2) is 6.86. The average molecular weight is 323 g/mol. The van der Waals surface area contributed by atoms with Crippen LogP contribution in [0.3, 0.4) is 0 Å². The number of anilines is 2. The zero-order valence-electron chi connectivity index (χ0n) is 13.3. The van der Waals surface area contributed by atoms with Gasteiger partial charge in [0.1, 0.15) is 5.82 Å². The summed E-state index contributed by atoms with van der Waals surface area (Å²) in [5.74, 6) is 1.38. The molecule has 8 heteroatoms. The molecule has 0 aliphatic rings. The van der Waals surface area contributed by atoms with E-state index in [2.05, 4.69) is 35.8 Å². The first-order chi connectivity index (χ1) is 11.6. The number of aryl methyl sites for hydroxylation is 1. The Morgan fingerprint density at radius 2 is 1.88 bits per heavy atom. The second-order valence-corrected chi connectivity index (χ2v) is 5.26. The van der Waals surface area contributed by atoms with Gasteiger partial charge in [-0.3, -0.25) is 9.89 Å². The second-order valence-electron chi connectivity index (χ2n) is 5.26. The SMILES string of the molecule is Cc1nc([C@@H](C)NC(=O)c2cnc(Nc3ccccc3)nc2)n[nH]1. The number of carbonyl (C=O) groups is 1. The van der Waals surface area contributed by atoms with E-state index in [0.29, 0.717) is 23.2 Å². The van der Waals surface area contributed by atoms with E-state index >= 15 is 0 Å². The van der Waals surface area contributed by atoms with Crippen LogP contribution in [0.2, 0.25) is 0 Å². The van der Waals surface area contributed by atoms with Crippen LogP contribution >= 0.6 is 0 Å². The van der Waals surface area contributed by atoms with Crippen LogP contribution in [0.1, 0.15) is 35.0 Å². The molecule has 3 rings (SSSR count). The quantitative estimate of drug-likeness (QED) is 0.664. The number of carbonyl (C=O) groups excluding carboxylic acids is 1. The molecule has 1 aromatic carbocycles. The van der Waals surface area contributed by atoms with Gasteiger partial charge in [-0.1, -0.05) is 18.2 Å². The molecule has 0 radical (unpaired) electrons. The molecular weight excluding hydrogens is 306 g/mol. The largest absolute Gasteiger partial charge is 0.342 e. The van der Waals surface area contributed by atoms with E-state index in [4.69, 9.17) is 0 Å². The zero-order chi connectivity index (χ0) is 16.9. The number of H-pyrrole nitrogens is 1. The monoisotopic (exact) mass is 323 g/mol. The van der Waals surface area contributed by atoms with Gasteiger partial charge >= 0.3 is 0 Å². The highest BCUT2D eigenvalue weighted by molar-refractivity contribution is 5.93. The number of benzene rings is 1. The minimum Gasteiger partial charge on any atom is -0.342 e. The fourth-order valence-electron chi connectivity index (χ4n) is 2.06. The molecule has 3 N–H and O–H groups in total. The van der Waals surface area contributed by atoms with Crippen LogP contribution < -0.4 is 10.6 Å². The summed E-state index contributed by atoms with van der Waals surface area (Å²) in [4.78, 5) is 24.7. The number of hydrogen-bond acceptors (Lipinski definition) is 6. The topological polar surface area (TPSA) is 108 Å². The Morgan fingerprint density at radius 1 is 1.17 bits per heavy atom. The minimum absolute atomic E-state index is 0.281. The van der Waals surface area contributed by atoms with Crippen molar-refractivity contribution in [2.75, 3.05) is 5.32 Å². The fraction of sp³-hybridized carbons (Fsp3) is 0.188. The highest BCUT2D eigenvalue weighted by Crippen LogP contribution is 2.12. The van der Waals surface area contributed by atoms with E-state index in [1.165, 1.54) is 12.4 Å². The summed E-state index contributed by atoms with van der Waals surface area (Å²) in [5.41, 5.74) is 1.25. The molecule has 0 aliphatic heterocycles. The van der Waals surface area contributed by atoms with Gasteiger partial charge < -0.3 is 10.6 Å². The Bertz CT molecular complexity index is 814. The third-order valence-electron chi connectivity index (χ3n) is 3.29. The van der Waals surface area contributed by atoms with E-state index in [0.717, 1.165) is 5.69 Å². The summed E-state index contributed by atoms with van der Waals surface area (Å²) in [5, 5.41) is 12.7. The van der Waals surface area contributed by atoms with Crippen molar-refractivity contribution in [1.29, 1.82) is 0 Å². The molecule has 0 fully saturated rings. The predicted octanol–water partition coefficient (Wildman–Crippen LogP) is 2.14. The molecule has 1 amide bonds. The standard InChI is InChI=1S/C16H17N7O/c1-10(14-20-11(2)22-23-14)19-15(24)12-8-17-16(18-9-12)21-13-6-4-3-5-7-13/h3-10H,1-2H3,(H,19,24)(H,17,18,21)(H,20,22,23)/t10-/m1/s1. The lowest BCUT2D eigenvalue weighted by Crippen LogP contribution is -2.27. The maximum Gasteiger partial charge on any atom is 0.255 e. The predicted molar refractivity (Wildman–Crippen MR) is 88.8 cm³/mol. The van der Waals surface area contributed by atoms with Gasteiger partial charge in [-0.05, 0) is 26.0 Å². The van der Waals surface area contributed by atoms with E-state index in [1.807, 2.05) is 37.3 Å². The minimum atomic E-state index is -0.315. The van der Waals surface area contributed by atoms with Crippen LogP contribution in [-0.4, -0.2) is 31.1 Å². The third-order valence-corrected chi connectivity index (χ3v) is 3.29. The molecule has 0 spiro atoms. The van der Waals surface area contributed by atoms with E-state index in [1.54, 1.807) is 6.92 Å². The van der Waals surface area contributed by atoms with Crippen molar-refractivity contribution in [1.82, 2.24) is 30.5 Å². The molecule has 0 aliphatic carbocycles. The molecule has 122 valence electrons. The maximum atomic E-state index is 12.2. The van der Waals surface area contributed by atoms with Gasteiger partial charge in [0.15, 0.2) is 5.82 Å². The summed E-state index contributed by atoms with van der Waals surface area (Å²) in [6.07, 6.45) is 2.95. The number of nitrogens with one attached hydrogen (secondary N) is 3. The summed E-state index contributed by atoms with van der Waals surface area (Å²) < 4.78 is 0.